The Hall–Kier alpha value is -0.580. The van der Waals surface area contributed by atoms with Crippen molar-refractivity contribution in [1.82, 2.24) is 10.2 Å². The Morgan fingerprint density at radius 1 is 1.38 bits per heavy atom. The van der Waals surface area contributed by atoms with Crippen molar-refractivity contribution in [3.63, 3.8) is 0 Å². The highest BCUT2D eigenvalue weighted by Crippen LogP contribution is 2.24. The van der Waals surface area contributed by atoms with Gasteiger partial charge in [-0.3, -0.25) is 4.99 Å². The van der Waals surface area contributed by atoms with Crippen LogP contribution in [0.1, 0.15) is 25.5 Å². The first-order valence-corrected chi connectivity index (χ1v) is 10.2. The Morgan fingerprint density at radius 2 is 2.00 bits per heavy atom. The predicted octanol–water partition coefficient (Wildman–Crippen LogP) is 2.73. The molecular formula is C17H27ClIN3O3S. The third-order valence-electron chi connectivity index (χ3n) is 4.53. The fourth-order valence-electron chi connectivity index (χ4n) is 2.86. The van der Waals surface area contributed by atoms with Crippen molar-refractivity contribution in [3.05, 3.63) is 34.9 Å². The zero-order valence-electron chi connectivity index (χ0n) is 15.5. The monoisotopic (exact) mass is 515 g/mol. The number of nitrogens with one attached hydrogen (secondary N) is 1. The van der Waals surface area contributed by atoms with Crippen LogP contribution in [0.5, 0.6) is 0 Å². The van der Waals surface area contributed by atoms with Crippen molar-refractivity contribution in [1.29, 1.82) is 0 Å². The van der Waals surface area contributed by atoms with Crippen LogP contribution in [0, 0.1) is 0 Å². The van der Waals surface area contributed by atoms with Gasteiger partial charge >= 0.3 is 0 Å². The van der Waals surface area contributed by atoms with E-state index in [2.05, 4.69) is 10.3 Å². The van der Waals surface area contributed by atoms with E-state index in [4.69, 9.17) is 16.3 Å². The van der Waals surface area contributed by atoms with E-state index >= 15 is 0 Å². The number of sulfone groups is 1. The number of nitrogens with zero attached hydrogens (tertiary/aromatic N) is 2. The van der Waals surface area contributed by atoms with Crippen molar-refractivity contribution in [2.45, 2.75) is 24.7 Å². The van der Waals surface area contributed by atoms with E-state index in [1.165, 1.54) is 0 Å². The van der Waals surface area contributed by atoms with Crippen LogP contribution >= 0.6 is 35.6 Å². The van der Waals surface area contributed by atoms with Gasteiger partial charge in [0.15, 0.2) is 15.8 Å². The molecule has 1 atom stereocenters. The summed E-state index contributed by atoms with van der Waals surface area (Å²) in [5, 5.41) is 3.97. The van der Waals surface area contributed by atoms with E-state index in [0.717, 1.165) is 5.56 Å². The minimum atomic E-state index is -3.08. The largest absolute Gasteiger partial charge is 0.375 e. The molecule has 26 heavy (non-hydrogen) atoms. The van der Waals surface area contributed by atoms with Gasteiger partial charge in [-0.15, -0.1) is 24.0 Å². The highest BCUT2D eigenvalue weighted by atomic mass is 127. The lowest BCUT2D eigenvalue weighted by Crippen LogP contribution is -2.57. The van der Waals surface area contributed by atoms with Gasteiger partial charge < -0.3 is 15.0 Å². The maximum atomic E-state index is 12.2. The molecule has 0 aliphatic carbocycles. The maximum Gasteiger partial charge on any atom is 0.193 e. The standard InChI is InChI=1S/C17H26ClN3O3S.HI/c1-17(2)12-21(9-10-25(17,22)23)16(19-3)20-11-15(24-4)13-5-7-14(18)8-6-13;/h5-8,15H,9-12H2,1-4H3,(H,19,20);1H. The van der Waals surface area contributed by atoms with Crippen LogP contribution < -0.4 is 5.32 Å². The summed E-state index contributed by atoms with van der Waals surface area (Å²) in [5.41, 5.74) is 1.01. The van der Waals surface area contributed by atoms with Gasteiger partial charge in [0, 0.05) is 38.8 Å². The maximum absolute atomic E-state index is 12.2. The van der Waals surface area contributed by atoms with Crippen LogP contribution in [-0.4, -0.2) is 63.6 Å². The fourth-order valence-corrected chi connectivity index (χ4v) is 4.35. The van der Waals surface area contributed by atoms with Gasteiger partial charge in [0.2, 0.25) is 0 Å². The predicted molar refractivity (Wildman–Crippen MR) is 117 cm³/mol. The number of hydrogen-bond donors (Lipinski definition) is 1. The summed E-state index contributed by atoms with van der Waals surface area (Å²) < 4.78 is 29.1. The van der Waals surface area contributed by atoms with Crippen molar-refractivity contribution < 1.29 is 13.2 Å². The molecule has 1 aromatic carbocycles. The number of benzene rings is 1. The second kappa shape index (κ2) is 9.57. The van der Waals surface area contributed by atoms with Crippen molar-refractivity contribution in [3.8, 4) is 0 Å². The molecule has 1 fully saturated rings. The molecule has 0 aromatic heterocycles. The van der Waals surface area contributed by atoms with Gasteiger partial charge in [0.1, 0.15) is 0 Å². The number of halogens is 2. The Kier molecular flexibility index (Phi) is 8.63. The number of hydrogen-bond acceptors (Lipinski definition) is 4. The molecule has 1 aliphatic rings. The zero-order chi connectivity index (χ0) is 18.7. The van der Waals surface area contributed by atoms with Crippen LogP contribution in [0.15, 0.2) is 29.3 Å². The minimum absolute atomic E-state index is 0. The Bertz CT molecular complexity index is 723. The van der Waals surface area contributed by atoms with Crippen molar-refractivity contribution >= 4 is 51.4 Å². The molecule has 0 saturated carbocycles. The molecule has 1 aliphatic heterocycles. The van der Waals surface area contributed by atoms with Crippen LogP contribution in [0.2, 0.25) is 5.02 Å². The third-order valence-corrected chi connectivity index (χ3v) is 7.31. The lowest BCUT2D eigenvalue weighted by Gasteiger charge is -2.39. The fraction of sp³-hybridized carbons (Fsp3) is 0.588. The molecule has 148 valence electrons. The summed E-state index contributed by atoms with van der Waals surface area (Å²) >= 11 is 5.93. The Labute approximate surface area is 178 Å². The number of methoxy groups -OCH3 is 1. The van der Waals surface area contributed by atoms with Gasteiger partial charge in [-0.25, -0.2) is 8.42 Å². The van der Waals surface area contributed by atoms with E-state index in [1.807, 2.05) is 29.2 Å². The summed E-state index contributed by atoms with van der Waals surface area (Å²) in [5.74, 6) is 0.810. The lowest BCUT2D eigenvalue weighted by atomic mass is 10.1. The molecule has 1 saturated heterocycles. The summed E-state index contributed by atoms with van der Waals surface area (Å²) in [6.45, 7) is 4.88. The van der Waals surface area contributed by atoms with Crippen LogP contribution in [0.25, 0.3) is 0 Å². The van der Waals surface area contributed by atoms with Gasteiger partial charge in [-0.1, -0.05) is 23.7 Å². The highest BCUT2D eigenvalue weighted by Gasteiger charge is 2.41. The molecule has 1 unspecified atom stereocenters. The number of guanidine groups is 1. The summed E-state index contributed by atoms with van der Waals surface area (Å²) in [4.78, 5) is 6.28. The van der Waals surface area contributed by atoms with Crippen LogP contribution in [0.4, 0.5) is 0 Å². The Balaban J connectivity index is 0.00000338. The first-order chi connectivity index (χ1) is 11.7. The first-order valence-electron chi connectivity index (χ1n) is 8.16. The highest BCUT2D eigenvalue weighted by molar-refractivity contribution is 14.0. The molecule has 0 spiro atoms. The van der Waals surface area contributed by atoms with Gasteiger partial charge in [-0.05, 0) is 31.5 Å². The molecule has 9 heteroatoms. The zero-order valence-corrected chi connectivity index (χ0v) is 19.4. The molecule has 0 radical (unpaired) electrons. The smallest absolute Gasteiger partial charge is 0.193 e. The lowest BCUT2D eigenvalue weighted by molar-refractivity contribution is 0.105. The van der Waals surface area contributed by atoms with Crippen LogP contribution in [0.3, 0.4) is 0 Å². The molecular weight excluding hydrogens is 489 g/mol. The Morgan fingerprint density at radius 3 is 2.50 bits per heavy atom. The minimum Gasteiger partial charge on any atom is -0.375 e. The normalized spacial score (nSPS) is 20.2. The van der Waals surface area contributed by atoms with E-state index in [9.17, 15) is 8.42 Å². The number of aliphatic imine (C=N–C) groups is 1. The molecule has 1 heterocycles. The summed E-state index contributed by atoms with van der Waals surface area (Å²) in [7, 11) is 0.270. The van der Waals surface area contributed by atoms with Crippen molar-refractivity contribution in [2.24, 2.45) is 4.99 Å². The third kappa shape index (κ3) is 5.46. The van der Waals surface area contributed by atoms with E-state index < -0.39 is 14.6 Å². The number of ether oxygens (including phenoxy) is 1. The van der Waals surface area contributed by atoms with Gasteiger partial charge in [-0.2, -0.15) is 0 Å². The average Bonchev–Trinajstić information content (AvgIpc) is 2.56. The quantitative estimate of drug-likeness (QED) is 0.379. The molecule has 6 nitrogen and oxygen atoms in total. The number of rotatable bonds is 4. The SMILES string of the molecule is CN=C(NCC(OC)c1ccc(Cl)cc1)N1CCS(=O)(=O)C(C)(C)C1.I. The first kappa shape index (κ1) is 23.5. The molecule has 0 bridgehead atoms. The molecule has 0 amide bonds. The topological polar surface area (TPSA) is 71.0 Å². The molecule has 2 rings (SSSR count). The van der Waals surface area contributed by atoms with Gasteiger partial charge in [0.05, 0.1) is 16.6 Å². The van der Waals surface area contributed by atoms with E-state index in [1.54, 1.807) is 28.0 Å². The second-order valence-corrected chi connectivity index (χ2v) is 9.88. The molecule has 1 N–H and O–H groups in total. The average molecular weight is 516 g/mol. The van der Waals surface area contributed by atoms with E-state index in [-0.39, 0.29) is 35.8 Å². The van der Waals surface area contributed by atoms with Gasteiger partial charge in [0.25, 0.3) is 0 Å². The molecule has 1 aromatic rings. The van der Waals surface area contributed by atoms with Crippen molar-refractivity contribution in [2.75, 3.05) is 39.5 Å². The second-order valence-electron chi connectivity index (χ2n) is 6.70. The van der Waals surface area contributed by atoms with E-state index in [0.29, 0.717) is 30.6 Å². The van der Waals surface area contributed by atoms with Crippen LogP contribution in [-0.2, 0) is 14.6 Å². The summed E-state index contributed by atoms with van der Waals surface area (Å²) in [6, 6.07) is 7.51. The summed E-state index contributed by atoms with van der Waals surface area (Å²) in [6.07, 6.45) is -0.157.